The van der Waals surface area contributed by atoms with Crippen LogP contribution in [0, 0.1) is 6.92 Å². The molecule has 2 nitrogen and oxygen atoms in total. The van der Waals surface area contributed by atoms with E-state index in [4.69, 9.17) is 4.74 Å². The maximum atomic E-state index is 9.46. The van der Waals surface area contributed by atoms with Crippen LogP contribution in [0.4, 0.5) is 0 Å². The van der Waals surface area contributed by atoms with Crippen molar-refractivity contribution < 1.29 is 9.84 Å². The molecule has 2 atom stereocenters. The molecule has 0 aromatic heterocycles. The summed E-state index contributed by atoms with van der Waals surface area (Å²) in [6.07, 6.45) is 2.03. The Morgan fingerprint density at radius 1 is 1.31 bits per heavy atom. The molecule has 0 aliphatic carbocycles. The average molecular weight is 222 g/mol. The highest BCUT2D eigenvalue weighted by atomic mass is 16.5. The molecular formula is C14H22O2. The number of rotatable bonds is 5. The summed E-state index contributed by atoms with van der Waals surface area (Å²) >= 11 is 0. The summed E-state index contributed by atoms with van der Waals surface area (Å²) in [5.41, 5.74) is 2.02. The summed E-state index contributed by atoms with van der Waals surface area (Å²) in [6.45, 7) is 8.03. The van der Waals surface area contributed by atoms with Gasteiger partial charge in [0, 0.05) is 0 Å². The van der Waals surface area contributed by atoms with Gasteiger partial charge in [0.25, 0.3) is 0 Å². The summed E-state index contributed by atoms with van der Waals surface area (Å²) < 4.78 is 5.84. The summed E-state index contributed by atoms with van der Waals surface area (Å²) in [4.78, 5) is 0. The van der Waals surface area contributed by atoms with E-state index >= 15 is 0 Å². The maximum absolute atomic E-state index is 9.46. The highest BCUT2D eigenvalue weighted by Crippen LogP contribution is 2.24. The Bertz CT molecular complexity index is 332. The van der Waals surface area contributed by atoms with E-state index in [2.05, 4.69) is 13.8 Å². The van der Waals surface area contributed by atoms with Crippen molar-refractivity contribution in [1.82, 2.24) is 0 Å². The molecule has 1 unspecified atom stereocenters. The normalized spacial score (nSPS) is 14.6. The second-order valence-corrected chi connectivity index (χ2v) is 4.42. The van der Waals surface area contributed by atoms with E-state index in [0.29, 0.717) is 0 Å². The smallest absolute Gasteiger partial charge is 0.122 e. The van der Waals surface area contributed by atoms with Gasteiger partial charge in [-0.2, -0.15) is 0 Å². The van der Waals surface area contributed by atoms with Crippen molar-refractivity contribution in [3.63, 3.8) is 0 Å². The van der Waals surface area contributed by atoms with Crippen LogP contribution in [0.5, 0.6) is 5.75 Å². The predicted octanol–water partition coefficient (Wildman–Crippen LogP) is 3.62. The highest BCUT2D eigenvalue weighted by molar-refractivity contribution is 5.37. The predicted molar refractivity (Wildman–Crippen MR) is 66.8 cm³/mol. The quantitative estimate of drug-likeness (QED) is 0.824. The molecule has 0 saturated heterocycles. The molecule has 0 aliphatic heterocycles. The number of aliphatic hydroxyl groups excluding tert-OH is 1. The highest BCUT2D eigenvalue weighted by Gasteiger charge is 2.08. The van der Waals surface area contributed by atoms with E-state index in [1.165, 1.54) is 0 Å². The molecule has 90 valence electrons. The third kappa shape index (κ3) is 3.53. The van der Waals surface area contributed by atoms with Crippen molar-refractivity contribution in [3.8, 4) is 5.75 Å². The lowest BCUT2D eigenvalue weighted by Gasteiger charge is -2.16. The van der Waals surface area contributed by atoms with Gasteiger partial charge < -0.3 is 9.84 Å². The van der Waals surface area contributed by atoms with E-state index in [1.54, 1.807) is 6.92 Å². The standard InChI is InChI=1S/C14H22O2/c1-5-6-11(3)16-14-8-7-13(12(4)15)9-10(14)2/h7-9,11-12,15H,5-6H2,1-4H3/t11?,12-/m0/s1. The van der Waals surface area contributed by atoms with Crippen molar-refractivity contribution in [3.05, 3.63) is 29.3 Å². The third-order valence-corrected chi connectivity index (χ3v) is 2.70. The van der Waals surface area contributed by atoms with Gasteiger partial charge in [-0.1, -0.05) is 19.4 Å². The minimum Gasteiger partial charge on any atom is -0.490 e. The fourth-order valence-corrected chi connectivity index (χ4v) is 1.75. The second kappa shape index (κ2) is 5.90. The summed E-state index contributed by atoms with van der Waals surface area (Å²) in [5, 5.41) is 9.46. The Morgan fingerprint density at radius 3 is 2.50 bits per heavy atom. The largest absolute Gasteiger partial charge is 0.490 e. The molecule has 0 fully saturated rings. The Kier molecular flexibility index (Phi) is 4.81. The number of hydrogen-bond acceptors (Lipinski definition) is 2. The van der Waals surface area contributed by atoms with Gasteiger partial charge in [0.1, 0.15) is 5.75 Å². The molecule has 1 N–H and O–H groups in total. The van der Waals surface area contributed by atoms with Crippen molar-refractivity contribution in [2.45, 2.75) is 52.7 Å². The van der Waals surface area contributed by atoms with Crippen LogP contribution >= 0.6 is 0 Å². The Balaban J connectivity index is 2.75. The van der Waals surface area contributed by atoms with Crippen LogP contribution < -0.4 is 4.74 Å². The lowest BCUT2D eigenvalue weighted by molar-refractivity contribution is 0.197. The molecule has 0 aliphatic rings. The first-order chi connectivity index (χ1) is 7.54. The van der Waals surface area contributed by atoms with E-state index in [0.717, 1.165) is 29.7 Å². The topological polar surface area (TPSA) is 29.5 Å². The molecule has 1 aromatic carbocycles. The number of aliphatic hydroxyl groups is 1. The average Bonchev–Trinajstić information content (AvgIpc) is 2.21. The first-order valence-corrected chi connectivity index (χ1v) is 5.99. The molecule has 0 heterocycles. The minimum atomic E-state index is -0.416. The van der Waals surface area contributed by atoms with Crippen LogP contribution in [-0.4, -0.2) is 11.2 Å². The minimum absolute atomic E-state index is 0.251. The second-order valence-electron chi connectivity index (χ2n) is 4.42. The van der Waals surface area contributed by atoms with E-state index in [9.17, 15) is 5.11 Å². The summed E-state index contributed by atoms with van der Waals surface area (Å²) in [7, 11) is 0. The lowest BCUT2D eigenvalue weighted by Crippen LogP contribution is -2.11. The van der Waals surface area contributed by atoms with Crippen LogP contribution in [0.1, 0.15) is 50.8 Å². The molecule has 0 radical (unpaired) electrons. The summed E-state index contributed by atoms with van der Waals surface area (Å²) in [6, 6.07) is 5.86. The van der Waals surface area contributed by atoms with Gasteiger partial charge >= 0.3 is 0 Å². The Labute approximate surface area is 98.3 Å². The maximum Gasteiger partial charge on any atom is 0.122 e. The molecule has 16 heavy (non-hydrogen) atoms. The van der Waals surface area contributed by atoms with Crippen LogP contribution in [0.2, 0.25) is 0 Å². The first-order valence-electron chi connectivity index (χ1n) is 5.99. The molecule has 0 spiro atoms. The molecular weight excluding hydrogens is 200 g/mol. The number of aryl methyl sites for hydroxylation is 1. The molecule has 2 heteroatoms. The van der Waals surface area contributed by atoms with Gasteiger partial charge in [0.05, 0.1) is 12.2 Å². The zero-order valence-corrected chi connectivity index (χ0v) is 10.7. The van der Waals surface area contributed by atoms with Crippen molar-refractivity contribution in [2.24, 2.45) is 0 Å². The van der Waals surface area contributed by atoms with Crippen LogP contribution in [0.15, 0.2) is 18.2 Å². The van der Waals surface area contributed by atoms with Gasteiger partial charge in [0.15, 0.2) is 0 Å². The monoisotopic (exact) mass is 222 g/mol. The van der Waals surface area contributed by atoms with E-state index in [1.807, 2.05) is 25.1 Å². The lowest BCUT2D eigenvalue weighted by atomic mass is 10.1. The molecule has 0 amide bonds. The fourth-order valence-electron chi connectivity index (χ4n) is 1.75. The van der Waals surface area contributed by atoms with Crippen molar-refractivity contribution >= 4 is 0 Å². The molecule has 0 saturated carbocycles. The third-order valence-electron chi connectivity index (χ3n) is 2.70. The van der Waals surface area contributed by atoms with E-state index < -0.39 is 6.10 Å². The Hall–Kier alpha value is -1.02. The van der Waals surface area contributed by atoms with Gasteiger partial charge in [-0.3, -0.25) is 0 Å². The number of hydrogen-bond donors (Lipinski definition) is 1. The van der Waals surface area contributed by atoms with Crippen LogP contribution in [0.25, 0.3) is 0 Å². The summed E-state index contributed by atoms with van der Waals surface area (Å²) in [5.74, 6) is 0.922. The van der Waals surface area contributed by atoms with Gasteiger partial charge in [-0.25, -0.2) is 0 Å². The SMILES string of the molecule is CCCC(C)Oc1ccc([C@H](C)O)cc1C. The van der Waals surface area contributed by atoms with Gasteiger partial charge in [-0.05, 0) is 50.5 Å². The first kappa shape index (κ1) is 13.0. The fraction of sp³-hybridized carbons (Fsp3) is 0.571. The number of benzene rings is 1. The van der Waals surface area contributed by atoms with Crippen LogP contribution in [-0.2, 0) is 0 Å². The van der Waals surface area contributed by atoms with Crippen molar-refractivity contribution in [2.75, 3.05) is 0 Å². The Morgan fingerprint density at radius 2 is 2.00 bits per heavy atom. The van der Waals surface area contributed by atoms with Crippen molar-refractivity contribution in [1.29, 1.82) is 0 Å². The molecule has 1 aromatic rings. The molecule has 0 bridgehead atoms. The van der Waals surface area contributed by atoms with Crippen LogP contribution in [0.3, 0.4) is 0 Å². The van der Waals surface area contributed by atoms with Gasteiger partial charge in [-0.15, -0.1) is 0 Å². The molecule has 1 rings (SSSR count). The zero-order chi connectivity index (χ0) is 12.1. The number of ether oxygens (including phenoxy) is 1. The zero-order valence-electron chi connectivity index (χ0n) is 10.7. The van der Waals surface area contributed by atoms with E-state index in [-0.39, 0.29) is 6.10 Å². The van der Waals surface area contributed by atoms with Gasteiger partial charge in [0.2, 0.25) is 0 Å².